The predicted octanol–water partition coefficient (Wildman–Crippen LogP) is 2.44. The first-order valence-electron chi connectivity index (χ1n) is 6.19. The zero-order valence-corrected chi connectivity index (χ0v) is 11.2. The molecule has 2 aromatic rings. The molecule has 1 aromatic carbocycles. The summed E-state index contributed by atoms with van der Waals surface area (Å²) in [5.74, 6) is 1.24. The molecule has 0 atom stereocenters. The molecule has 100 valence electrons. The number of aryl methyl sites for hydroxylation is 2. The van der Waals surface area contributed by atoms with Crippen molar-refractivity contribution in [3.8, 4) is 11.6 Å². The first kappa shape index (κ1) is 13.5. The first-order valence-corrected chi connectivity index (χ1v) is 6.19. The second-order valence-corrected chi connectivity index (χ2v) is 4.47. The highest BCUT2D eigenvalue weighted by Gasteiger charge is 2.09. The van der Waals surface area contributed by atoms with Gasteiger partial charge in [0, 0.05) is 17.8 Å². The second kappa shape index (κ2) is 5.82. The Bertz CT molecular complexity index is 565. The zero-order chi connectivity index (χ0) is 13.8. The van der Waals surface area contributed by atoms with Gasteiger partial charge in [0.05, 0.1) is 6.61 Å². The minimum absolute atomic E-state index is 0.0239. The number of hydrogen-bond donors (Lipinski definition) is 2. The van der Waals surface area contributed by atoms with Crippen molar-refractivity contribution in [2.24, 2.45) is 5.73 Å². The highest BCUT2D eigenvalue weighted by atomic mass is 16.5. The lowest BCUT2D eigenvalue weighted by atomic mass is 10.1. The summed E-state index contributed by atoms with van der Waals surface area (Å²) in [5, 5.41) is 9.00. The molecule has 4 heteroatoms. The van der Waals surface area contributed by atoms with Gasteiger partial charge in [0.15, 0.2) is 0 Å². The topological polar surface area (TPSA) is 68.4 Å². The summed E-state index contributed by atoms with van der Waals surface area (Å²) in [6, 6.07) is 9.25. The summed E-state index contributed by atoms with van der Waals surface area (Å²) < 4.78 is 5.79. The van der Waals surface area contributed by atoms with Crippen molar-refractivity contribution in [2.45, 2.75) is 27.0 Å². The van der Waals surface area contributed by atoms with Gasteiger partial charge in [-0.3, -0.25) is 0 Å². The molecule has 0 aliphatic heterocycles. The van der Waals surface area contributed by atoms with Crippen molar-refractivity contribution in [3.05, 3.63) is 52.7 Å². The number of benzene rings is 1. The molecule has 1 aromatic heterocycles. The fraction of sp³-hybridized carbons (Fsp3) is 0.267. The Hall–Kier alpha value is -1.91. The van der Waals surface area contributed by atoms with Gasteiger partial charge in [-0.1, -0.05) is 12.1 Å². The third kappa shape index (κ3) is 3.10. The van der Waals surface area contributed by atoms with E-state index >= 15 is 0 Å². The van der Waals surface area contributed by atoms with Gasteiger partial charge < -0.3 is 15.6 Å². The van der Waals surface area contributed by atoms with Crippen molar-refractivity contribution in [1.29, 1.82) is 0 Å². The lowest BCUT2D eigenvalue weighted by Crippen LogP contribution is -2.05. The zero-order valence-electron chi connectivity index (χ0n) is 11.2. The molecule has 0 radical (unpaired) electrons. The van der Waals surface area contributed by atoms with Crippen molar-refractivity contribution in [3.63, 3.8) is 0 Å². The molecule has 0 bridgehead atoms. The first-order chi connectivity index (χ1) is 9.13. The normalized spacial score (nSPS) is 10.5. The van der Waals surface area contributed by atoms with Crippen LogP contribution in [0.3, 0.4) is 0 Å². The molecule has 0 amide bonds. The van der Waals surface area contributed by atoms with Crippen LogP contribution in [0.1, 0.15) is 22.4 Å². The number of hydrogen-bond acceptors (Lipinski definition) is 4. The van der Waals surface area contributed by atoms with Crippen LogP contribution in [0.15, 0.2) is 30.3 Å². The number of aromatic nitrogens is 1. The van der Waals surface area contributed by atoms with E-state index < -0.39 is 0 Å². The highest BCUT2D eigenvalue weighted by Crippen LogP contribution is 2.26. The van der Waals surface area contributed by atoms with E-state index in [1.807, 2.05) is 44.2 Å². The van der Waals surface area contributed by atoms with Gasteiger partial charge in [-0.15, -0.1) is 0 Å². The van der Waals surface area contributed by atoms with Gasteiger partial charge in [0.1, 0.15) is 5.75 Å². The Morgan fingerprint density at radius 3 is 2.47 bits per heavy atom. The van der Waals surface area contributed by atoms with Crippen LogP contribution in [-0.2, 0) is 13.2 Å². The van der Waals surface area contributed by atoms with Gasteiger partial charge in [-0.05, 0) is 43.2 Å². The molecule has 0 aliphatic carbocycles. The third-order valence-corrected chi connectivity index (χ3v) is 2.96. The van der Waals surface area contributed by atoms with Crippen LogP contribution in [0, 0.1) is 13.8 Å². The average Bonchev–Trinajstić information content (AvgIpc) is 2.39. The van der Waals surface area contributed by atoms with Gasteiger partial charge in [0.25, 0.3) is 0 Å². The molecule has 0 saturated heterocycles. The number of ether oxygens (including phenoxy) is 1. The summed E-state index contributed by atoms with van der Waals surface area (Å²) in [6.07, 6.45) is 0. The fourth-order valence-electron chi connectivity index (χ4n) is 1.94. The number of pyridine rings is 1. The largest absolute Gasteiger partial charge is 0.439 e. The number of aliphatic hydroxyl groups is 1. The van der Waals surface area contributed by atoms with E-state index in [4.69, 9.17) is 15.6 Å². The molecule has 0 unspecified atom stereocenters. The van der Waals surface area contributed by atoms with Crippen LogP contribution in [-0.4, -0.2) is 10.1 Å². The predicted molar refractivity (Wildman–Crippen MR) is 74.0 cm³/mol. The maximum Gasteiger partial charge on any atom is 0.224 e. The number of aliphatic hydroxyl groups excluding tert-OH is 1. The number of nitrogens with two attached hydrogens (primary N) is 1. The smallest absolute Gasteiger partial charge is 0.224 e. The van der Waals surface area contributed by atoms with Crippen LogP contribution in [0.2, 0.25) is 0 Å². The lowest BCUT2D eigenvalue weighted by Gasteiger charge is -2.12. The molecule has 4 nitrogen and oxygen atoms in total. The Morgan fingerprint density at radius 2 is 1.89 bits per heavy atom. The molecule has 0 spiro atoms. The molecule has 19 heavy (non-hydrogen) atoms. The SMILES string of the molecule is Cc1cc(C)c(CN)c(Oc2ccc(CO)cc2)n1. The Morgan fingerprint density at radius 1 is 1.21 bits per heavy atom. The van der Waals surface area contributed by atoms with E-state index in [9.17, 15) is 0 Å². The van der Waals surface area contributed by atoms with Crippen LogP contribution in [0.25, 0.3) is 0 Å². The van der Waals surface area contributed by atoms with E-state index in [1.54, 1.807) is 0 Å². The second-order valence-electron chi connectivity index (χ2n) is 4.47. The van der Waals surface area contributed by atoms with Crippen molar-refractivity contribution in [1.82, 2.24) is 4.98 Å². The van der Waals surface area contributed by atoms with Gasteiger partial charge >= 0.3 is 0 Å². The molecule has 3 N–H and O–H groups in total. The molecule has 1 heterocycles. The standard InChI is InChI=1S/C15H18N2O2/c1-10-7-11(2)17-15(14(10)8-16)19-13-5-3-12(9-18)4-6-13/h3-7,18H,8-9,16H2,1-2H3. The van der Waals surface area contributed by atoms with E-state index in [-0.39, 0.29) is 6.61 Å². The average molecular weight is 258 g/mol. The van der Waals surface area contributed by atoms with E-state index in [0.717, 1.165) is 22.4 Å². The summed E-state index contributed by atoms with van der Waals surface area (Å²) in [6.45, 7) is 4.34. The highest BCUT2D eigenvalue weighted by molar-refractivity contribution is 5.39. The van der Waals surface area contributed by atoms with Gasteiger partial charge in [-0.25, -0.2) is 4.98 Å². The third-order valence-electron chi connectivity index (χ3n) is 2.96. The monoisotopic (exact) mass is 258 g/mol. The molecular weight excluding hydrogens is 240 g/mol. The molecule has 2 rings (SSSR count). The minimum atomic E-state index is 0.0239. The van der Waals surface area contributed by atoms with Crippen LogP contribution >= 0.6 is 0 Å². The van der Waals surface area contributed by atoms with E-state index in [0.29, 0.717) is 18.2 Å². The Kier molecular flexibility index (Phi) is 4.14. The summed E-state index contributed by atoms with van der Waals surface area (Å²) >= 11 is 0. The number of nitrogens with zero attached hydrogens (tertiary/aromatic N) is 1. The summed E-state index contributed by atoms with van der Waals surface area (Å²) in [7, 11) is 0. The number of rotatable bonds is 4. The summed E-state index contributed by atoms with van der Waals surface area (Å²) in [4.78, 5) is 4.39. The molecule has 0 saturated carbocycles. The molecule has 0 fully saturated rings. The maximum absolute atomic E-state index is 9.00. The summed E-state index contributed by atoms with van der Waals surface area (Å²) in [5.41, 5.74) is 9.49. The molecular formula is C15H18N2O2. The quantitative estimate of drug-likeness (QED) is 0.883. The maximum atomic E-state index is 9.00. The van der Waals surface area contributed by atoms with Crippen LogP contribution in [0.5, 0.6) is 11.6 Å². The van der Waals surface area contributed by atoms with E-state index in [1.165, 1.54) is 0 Å². The molecule has 0 aliphatic rings. The van der Waals surface area contributed by atoms with Crippen LogP contribution < -0.4 is 10.5 Å². The van der Waals surface area contributed by atoms with Crippen molar-refractivity contribution < 1.29 is 9.84 Å². The van der Waals surface area contributed by atoms with Gasteiger partial charge in [0.2, 0.25) is 5.88 Å². The Balaban J connectivity index is 2.31. The van der Waals surface area contributed by atoms with Crippen molar-refractivity contribution in [2.75, 3.05) is 0 Å². The minimum Gasteiger partial charge on any atom is -0.439 e. The van der Waals surface area contributed by atoms with Crippen molar-refractivity contribution >= 4 is 0 Å². The fourth-order valence-corrected chi connectivity index (χ4v) is 1.94. The Labute approximate surface area is 112 Å². The van der Waals surface area contributed by atoms with E-state index in [2.05, 4.69) is 4.98 Å². The lowest BCUT2D eigenvalue weighted by molar-refractivity contribution is 0.281. The van der Waals surface area contributed by atoms with Crippen LogP contribution in [0.4, 0.5) is 0 Å². The van der Waals surface area contributed by atoms with Gasteiger partial charge in [-0.2, -0.15) is 0 Å².